The van der Waals surface area contributed by atoms with Gasteiger partial charge in [-0.15, -0.1) is 0 Å². The van der Waals surface area contributed by atoms with Crippen molar-refractivity contribution in [1.29, 1.82) is 0 Å². The number of fused-ring (bicyclic) bond motifs is 2. The van der Waals surface area contributed by atoms with Crippen molar-refractivity contribution in [2.75, 3.05) is 6.54 Å². The fourth-order valence-electron chi connectivity index (χ4n) is 4.02. The van der Waals surface area contributed by atoms with Crippen LogP contribution in [0, 0.1) is 11.6 Å². The van der Waals surface area contributed by atoms with Crippen molar-refractivity contribution in [3.63, 3.8) is 0 Å². The first-order valence-corrected chi connectivity index (χ1v) is 8.78. The van der Waals surface area contributed by atoms with Crippen molar-refractivity contribution in [2.45, 2.75) is 30.9 Å². The highest BCUT2D eigenvalue weighted by Crippen LogP contribution is 2.40. The van der Waals surface area contributed by atoms with Gasteiger partial charge >= 0.3 is 6.03 Å². The average Bonchev–Trinajstić information content (AvgIpc) is 2.89. The molecule has 2 aromatic carbocycles. The maximum Gasteiger partial charge on any atom is 0.325 e. The van der Waals surface area contributed by atoms with Gasteiger partial charge in [0.15, 0.2) is 0 Å². The number of urea groups is 1. The van der Waals surface area contributed by atoms with Crippen LogP contribution in [0.4, 0.5) is 13.6 Å². The van der Waals surface area contributed by atoms with Crippen molar-refractivity contribution in [3.05, 3.63) is 70.8 Å². The summed E-state index contributed by atoms with van der Waals surface area (Å²) in [5.41, 5.74) is 0.298. The summed E-state index contributed by atoms with van der Waals surface area (Å²) in [6.07, 6.45) is 0.482. The first-order chi connectivity index (χ1) is 12.9. The summed E-state index contributed by atoms with van der Waals surface area (Å²) in [5.74, 6) is -1.98. The van der Waals surface area contributed by atoms with E-state index in [4.69, 9.17) is 0 Å². The van der Waals surface area contributed by atoms with Crippen LogP contribution in [-0.4, -0.2) is 28.5 Å². The molecule has 1 aliphatic heterocycles. The second kappa shape index (κ2) is 6.42. The molecule has 4 rings (SSSR count). The van der Waals surface area contributed by atoms with E-state index in [2.05, 4.69) is 5.32 Å². The number of aliphatic hydroxyl groups excluding tert-OH is 1. The van der Waals surface area contributed by atoms with Gasteiger partial charge in [0.25, 0.3) is 5.91 Å². The molecule has 0 saturated carbocycles. The van der Waals surface area contributed by atoms with Crippen molar-refractivity contribution < 1.29 is 23.5 Å². The number of carbonyl (C=O) groups is 2. The van der Waals surface area contributed by atoms with Gasteiger partial charge < -0.3 is 10.4 Å². The quantitative estimate of drug-likeness (QED) is 0.814. The zero-order chi connectivity index (χ0) is 19.2. The molecule has 0 unspecified atom stereocenters. The van der Waals surface area contributed by atoms with Crippen LogP contribution in [0.15, 0.2) is 42.5 Å². The number of rotatable bonds is 3. The molecule has 5 nitrogen and oxygen atoms in total. The number of imide groups is 1. The predicted octanol–water partition coefficient (Wildman–Crippen LogP) is 2.78. The number of carbonyl (C=O) groups excluding carboxylic acids is 2. The molecule has 2 N–H and O–H groups in total. The predicted molar refractivity (Wildman–Crippen MR) is 92.6 cm³/mol. The Hall–Kier alpha value is -2.80. The van der Waals surface area contributed by atoms with Crippen LogP contribution < -0.4 is 5.32 Å². The molecule has 3 amide bonds. The summed E-state index contributed by atoms with van der Waals surface area (Å²) in [5, 5.41) is 13.1. The van der Waals surface area contributed by atoms with E-state index in [9.17, 15) is 23.5 Å². The van der Waals surface area contributed by atoms with Crippen LogP contribution in [0.2, 0.25) is 0 Å². The molecule has 0 radical (unpaired) electrons. The molecular formula is C20H18F2N2O3. The number of aliphatic hydroxyl groups is 1. The van der Waals surface area contributed by atoms with Gasteiger partial charge in [0.2, 0.25) is 0 Å². The summed E-state index contributed by atoms with van der Waals surface area (Å²) < 4.78 is 27.3. The van der Waals surface area contributed by atoms with E-state index in [0.29, 0.717) is 6.42 Å². The Bertz CT molecular complexity index is 933. The summed E-state index contributed by atoms with van der Waals surface area (Å²) in [6, 6.07) is 9.50. The van der Waals surface area contributed by atoms with Crippen molar-refractivity contribution in [1.82, 2.24) is 10.2 Å². The number of halogens is 2. The molecule has 140 valence electrons. The van der Waals surface area contributed by atoms with Gasteiger partial charge in [-0.2, -0.15) is 0 Å². The molecule has 1 fully saturated rings. The van der Waals surface area contributed by atoms with Gasteiger partial charge in [0, 0.05) is 5.56 Å². The second-order valence-electron chi connectivity index (χ2n) is 6.94. The lowest BCUT2D eigenvalue weighted by Gasteiger charge is -2.33. The smallest absolute Gasteiger partial charge is 0.325 e. The maximum absolute atomic E-state index is 13.9. The van der Waals surface area contributed by atoms with Crippen LogP contribution in [0.25, 0.3) is 0 Å². The highest BCUT2D eigenvalue weighted by atomic mass is 19.1. The van der Waals surface area contributed by atoms with E-state index in [1.54, 1.807) is 0 Å². The van der Waals surface area contributed by atoms with Crippen molar-refractivity contribution in [2.24, 2.45) is 0 Å². The van der Waals surface area contributed by atoms with Crippen LogP contribution >= 0.6 is 0 Å². The Morgan fingerprint density at radius 3 is 2.78 bits per heavy atom. The van der Waals surface area contributed by atoms with E-state index in [-0.39, 0.29) is 5.56 Å². The van der Waals surface area contributed by atoms with Gasteiger partial charge in [-0.05, 0) is 48.6 Å². The van der Waals surface area contributed by atoms with Crippen molar-refractivity contribution >= 4 is 11.9 Å². The zero-order valence-electron chi connectivity index (χ0n) is 14.4. The molecule has 1 saturated heterocycles. The molecule has 2 atom stereocenters. The third-order valence-electron chi connectivity index (χ3n) is 5.32. The number of nitrogens with one attached hydrogen (secondary N) is 1. The molecule has 1 heterocycles. The minimum Gasteiger partial charge on any atom is -0.386 e. The molecule has 1 spiro atoms. The lowest BCUT2D eigenvalue weighted by atomic mass is 9.76. The monoisotopic (exact) mass is 372 g/mol. The van der Waals surface area contributed by atoms with E-state index in [0.717, 1.165) is 47.1 Å². The molecule has 27 heavy (non-hydrogen) atoms. The Kier molecular flexibility index (Phi) is 4.19. The van der Waals surface area contributed by atoms with Gasteiger partial charge in [0.05, 0.1) is 6.54 Å². The minimum absolute atomic E-state index is 0.291. The number of amides is 3. The number of benzene rings is 2. The van der Waals surface area contributed by atoms with E-state index in [1.807, 2.05) is 24.3 Å². The summed E-state index contributed by atoms with van der Waals surface area (Å²) in [4.78, 5) is 26.5. The Balaban J connectivity index is 1.64. The summed E-state index contributed by atoms with van der Waals surface area (Å²) in [7, 11) is 0. The highest BCUT2D eigenvalue weighted by Gasteiger charge is 2.54. The molecule has 2 aliphatic rings. The number of β-amino-alcohol motifs (C(OH)–C–C–N with tert-alkyl or cyclic N) is 1. The van der Waals surface area contributed by atoms with Crippen LogP contribution in [0.3, 0.4) is 0 Å². The molecule has 0 aromatic heterocycles. The zero-order valence-corrected chi connectivity index (χ0v) is 14.4. The Morgan fingerprint density at radius 1 is 1.19 bits per heavy atom. The van der Waals surface area contributed by atoms with Gasteiger partial charge in [-0.3, -0.25) is 9.69 Å². The lowest BCUT2D eigenvalue weighted by molar-refractivity contribution is -0.133. The molecule has 1 aliphatic carbocycles. The van der Waals surface area contributed by atoms with E-state index in [1.165, 1.54) is 0 Å². The number of aryl methyl sites for hydroxylation is 1. The summed E-state index contributed by atoms with van der Waals surface area (Å²) in [6.45, 7) is -0.449. The minimum atomic E-state index is -1.52. The average molecular weight is 372 g/mol. The van der Waals surface area contributed by atoms with Crippen LogP contribution in [0.5, 0.6) is 0 Å². The first kappa shape index (κ1) is 17.6. The molecular weight excluding hydrogens is 354 g/mol. The normalized spacial score (nSPS) is 22.7. The lowest BCUT2D eigenvalue weighted by Crippen LogP contribution is -2.46. The molecule has 0 bridgehead atoms. The largest absolute Gasteiger partial charge is 0.386 e. The second-order valence-corrected chi connectivity index (χ2v) is 6.94. The Morgan fingerprint density at radius 2 is 1.96 bits per heavy atom. The van der Waals surface area contributed by atoms with Crippen LogP contribution in [-0.2, 0) is 16.8 Å². The van der Waals surface area contributed by atoms with Crippen molar-refractivity contribution in [3.8, 4) is 0 Å². The molecule has 2 aromatic rings. The van der Waals surface area contributed by atoms with E-state index >= 15 is 0 Å². The van der Waals surface area contributed by atoms with Gasteiger partial charge in [-0.1, -0.05) is 24.3 Å². The van der Waals surface area contributed by atoms with E-state index < -0.39 is 41.8 Å². The Labute approximate surface area is 154 Å². The first-order valence-electron chi connectivity index (χ1n) is 8.78. The third-order valence-corrected chi connectivity index (χ3v) is 5.32. The highest BCUT2D eigenvalue weighted by molar-refractivity contribution is 6.07. The fourth-order valence-corrected chi connectivity index (χ4v) is 4.02. The van der Waals surface area contributed by atoms with Crippen LogP contribution in [0.1, 0.15) is 35.6 Å². The maximum atomic E-state index is 13.9. The standard InChI is InChI=1S/C20H18F2N2O3/c21-13-7-8-16(22)14(10-13)17(25)11-24-18(26)20(23-19(24)27)9-3-5-12-4-1-2-6-15(12)20/h1-2,4,6-8,10,17,25H,3,5,9,11H2,(H,23,27)/t17-,20-/m1/s1. The third kappa shape index (κ3) is 2.78. The topological polar surface area (TPSA) is 69.6 Å². The van der Waals surface area contributed by atoms with Gasteiger partial charge in [-0.25, -0.2) is 13.6 Å². The SMILES string of the molecule is O=C1N[C@@]2(CCCc3ccccc32)C(=O)N1C[C@@H](O)c1cc(F)ccc1F. The fraction of sp³-hybridized carbons (Fsp3) is 0.300. The molecule has 7 heteroatoms. The number of hydrogen-bond acceptors (Lipinski definition) is 3. The summed E-state index contributed by atoms with van der Waals surface area (Å²) >= 11 is 0. The van der Waals surface area contributed by atoms with Gasteiger partial charge in [0.1, 0.15) is 23.3 Å². The number of hydrogen-bond donors (Lipinski definition) is 2. The number of nitrogens with zero attached hydrogens (tertiary/aromatic N) is 1.